The van der Waals surface area contributed by atoms with Crippen LogP contribution in [-0.2, 0) is 16.2 Å². The number of hydrogen-bond acceptors (Lipinski definition) is 6. The zero-order valence-electron chi connectivity index (χ0n) is 13.6. The molecule has 3 aromatic heterocycles. The number of fused-ring (bicyclic) bond motifs is 1. The molecule has 8 nitrogen and oxygen atoms in total. The number of imidazole rings is 1. The van der Waals surface area contributed by atoms with Gasteiger partial charge < -0.3 is 8.92 Å². The Morgan fingerprint density at radius 1 is 1.30 bits per heavy atom. The van der Waals surface area contributed by atoms with Gasteiger partial charge in [-0.15, -0.1) is 0 Å². The number of hydrogen-bond donors (Lipinski definition) is 1. The summed E-state index contributed by atoms with van der Waals surface area (Å²) < 4.78 is 70.7. The number of halogens is 4. The molecule has 0 aromatic carbocycles. The van der Waals surface area contributed by atoms with Crippen LogP contribution >= 0.6 is 11.6 Å². The summed E-state index contributed by atoms with van der Waals surface area (Å²) in [5, 5.41) is 3.14. The maximum atomic E-state index is 12.9. The summed E-state index contributed by atoms with van der Waals surface area (Å²) in [4.78, 5) is 15.7. The van der Waals surface area contributed by atoms with E-state index in [4.69, 9.17) is 16.1 Å². The van der Waals surface area contributed by atoms with Crippen molar-refractivity contribution < 1.29 is 30.9 Å². The predicted molar refractivity (Wildman–Crippen MR) is 85.8 cm³/mol. The van der Waals surface area contributed by atoms with Crippen LogP contribution < -0.4 is 4.72 Å². The predicted octanol–water partition coefficient (Wildman–Crippen LogP) is 2.73. The lowest BCUT2D eigenvalue weighted by Gasteiger charge is -2.07. The van der Waals surface area contributed by atoms with Gasteiger partial charge in [-0.3, -0.25) is 4.79 Å². The van der Waals surface area contributed by atoms with Crippen molar-refractivity contribution in [2.75, 3.05) is 0 Å². The lowest BCUT2D eigenvalue weighted by Crippen LogP contribution is -2.31. The van der Waals surface area contributed by atoms with Crippen LogP contribution in [0.2, 0.25) is 5.02 Å². The molecule has 0 bridgehead atoms. The van der Waals surface area contributed by atoms with Crippen LogP contribution in [0.25, 0.3) is 5.65 Å². The molecule has 0 aliphatic heterocycles. The molecule has 0 saturated carbocycles. The number of alkyl halides is 3. The third kappa shape index (κ3) is 3.49. The van der Waals surface area contributed by atoms with Crippen LogP contribution in [-0.4, -0.2) is 28.9 Å². The number of pyridine rings is 1. The maximum Gasteiger partial charge on any atom is 0.417 e. The molecule has 144 valence electrons. The van der Waals surface area contributed by atoms with Crippen molar-refractivity contribution in [3.05, 3.63) is 46.2 Å². The second-order valence-electron chi connectivity index (χ2n) is 5.52. The third-order valence-corrected chi connectivity index (χ3v) is 5.38. The van der Waals surface area contributed by atoms with Crippen molar-refractivity contribution in [1.29, 1.82) is 0 Å². The Morgan fingerprint density at radius 3 is 2.52 bits per heavy atom. The van der Waals surface area contributed by atoms with Crippen molar-refractivity contribution in [3.63, 3.8) is 0 Å². The quantitative estimate of drug-likeness (QED) is 0.695. The SMILES string of the molecule is Cc1noc(C)c1S(=O)(=O)NC(=O)c1cn2cc(C(F)(F)F)cc(Cl)c2n1. The Balaban J connectivity index is 1.98. The average Bonchev–Trinajstić information content (AvgIpc) is 3.10. The van der Waals surface area contributed by atoms with Crippen molar-refractivity contribution >= 4 is 33.2 Å². The van der Waals surface area contributed by atoms with Crippen LogP contribution in [0.15, 0.2) is 27.9 Å². The lowest BCUT2D eigenvalue weighted by atomic mass is 10.3. The highest BCUT2D eigenvalue weighted by Crippen LogP contribution is 2.32. The van der Waals surface area contributed by atoms with E-state index in [-0.39, 0.29) is 27.0 Å². The molecule has 0 unspecified atom stereocenters. The summed E-state index contributed by atoms with van der Waals surface area (Å²) in [6.07, 6.45) is -3.03. The molecule has 13 heteroatoms. The van der Waals surface area contributed by atoms with Gasteiger partial charge in [0.1, 0.15) is 11.4 Å². The summed E-state index contributed by atoms with van der Waals surface area (Å²) in [5.41, 5.74) is -1.58. The van der Waals surface area contributed by atoms with E-state index >= 15 is 0 Å². The molecule has 0 atom stereocenters. The second-order valence-corrected chi connectivity index (χ2v) is 7.55. The second kappa shape index (κ2) is 6.23. The molecule has 27 heavy (non-hydrogen) atoms. The molecular weight excluding hydrogens is 413 g/mol. The molecule has 0 aliphatic carbocycles. The number of aryl methyl sites for hydroxylation is 2. The van der Waals surface area contributed by atoms with Gasteiger partial charge in [0.25, 0.3) is 15.9 Å². The largest absolute Gasteiger partial charge is 0.417 e. The number of rotatable bonds is 3. The molecule has 0 spiro atoms. The van der Waals surface area contributed by atoms with Gasteiger partial charge in [-0.05, 0) is 19.9 Å². The minimum Gasteiger partial charge on any atom is -0.360 e. The van der Waals surface area contributed by atoms with E-state index in [1.54, 1.807) is 4.72 Å². The fourth-order valence-electron chi connectivity index (χ4n) is 2.40. The Morgan fingerprint density at radius 2 is 1.96 bits per heavy atom. The number of sulfonamides is 1. The number of amides is 1. The van der Waals surface area contributed by atoms with Crippen molar-refractivity contribution in [1.82, 2.24) is 19.3 Å². The van der Waals surface area contributed by atoms with Gasteiger partial charge in [0, 0.05) is 12.4 Å². The molecule has 3 aromatic rings. The van der Waals surface area contributed by atoms with E-state index in [1.165, 1.54) is 13.8 Å². The summed E-state index contributed by atoms with van der Waals surface area (Å²) in [7, 11) is -4.32. The Bertz CT molecular complexity index is 1150. The topological polar surface area (TPSA) is 107 Å². The molecular formula is C14H10ClF3N4O4S. The molecule has 0 aliphatic rings. The Kier molecular flexibility index (Phi) is 4.43. The van der Waals surface area contributed by atoms with Gasteiger partial charge in [0.2, 0.25) is 0 Å². The highest BCUT2D eigenvalue weighted by atomic mass is 35.5. The van der Waals surface area contributed by atoms with Crippen molar-refractivity contribution in [2.24, 2.45) is 0 Å². The van der Waals surface area contributed by atoms with E-state index in [0.717, 1.165) is 10.6 Å². The highest BCUT2D eigenvalue weighted by Gasteiger charge is 2.32. The monoisotopic (exact) mass is 422 g/mol. The summed E-state index contributed by atoms with van der Waals surface area (Å²) in [6, 6.07) is 0.659. The smallest absolute Gasteiger partial charge is 0.360 e. The van der Waals surface area contributed by atoms with Crippen LogP contribution in [0.3, 0.4) is 0 Å². The first kappa shape index (κ1) is 19.2. The fraction of sp³-hybridized carbons (Fsp3) is 0.214. The van der Waals surface area contributed by atoms with Gasteiger partial charge in [-0.1, -0.05) is 16.8 Å². The number of carbonyl (C=O) groups excluding carboxylic acids is 1. The number of nitrogens with zero attached hydrogens (tertiary/aromatic N) is 3. The maximum absolute atomic E-state index is 12.9. The normalized spacial score (nSPS) is 12.5. The minimum absolute atomic E-state index is 0.0272. The standard InChI is InChI=1S/C14H10ClF3N4O4S/c1-6-11(7(2)26-20-6)27(24,25)21-13(23)10-5-22-4-8(14(16,17)18)3-9(15)12(22)19-10/h3-5H,1-2H3,(H,21,23). The van der Waals surface area contributed by atoms with Crippen LogP contribution in [0, 0.1) is 13.8 Å². The summed E-state index contributed by atoms with van der Waals surface area (Å²) >= 11 is 5.79. The van der Waals surface area contributed by atoms with Crippen LogP contribution in [0.5, 0.6) is 0 Å². The van der Waals surface area contributed by atoms with E-state index < -0.39 is 33.4 Å². The molecule has 0 saturated heterocycles. The Hall–Kier alpha value is -2.60. The molecule has 3 rings (SSSR count). The van der Waals surface area contributed by atoms with Gasteiger partial charge in [-0.2, -0.15) is 13.2 Å². The van der Waals surface area contributed by atoms with Gasteiger partial charge in [-0.25, -0.2) is 18.1 Å². The lowest BCUT2D eigenvalue weighted by molar-refractivity contribution is -0.137. The number of carbonyl (C=O) groups is 1. The summed E-state index contributed by atoms with van der Waals surface area (Å²) in [5.74, 6) is -1.18. The molecule has 1 N–H and O–H groups in total. The van der Waals surface area contributed by atoms with E-state index in [1.807, 2.05) is 0 Å². The first-order chi connectivity index (χ1) is 12.4. The number of nitrogens with one attached hydrogen (secondary N) is 1. The molecule has 0 fully saturated rings. The van der Waals surface area contributed by atoms with Gasteiger partial charge in [0.05, 0.1) is 10.6 Å². The van der Waals surface area contributed by atoms with Gasteiger partial charge in [0.15, 0.2) is 16.3 Å². The molecule has 3 heterocycles. The van der Waals surface area contributed by atoms with E-state index in [0.29, 0.717) is 12.3 Å². The Labute approximate surface area is 155 Å². The fourth-order valence-corrected chi connectivity index (χ4v) is 3.95. The highest BCUT2D eigenvalue weighted by molar-refractivity contribution is 7.90. The van der Waals surface area contributed by atoms with Crippen LogP contribution in [0.4, 0.5) is 13.2 Å². The van der Waals surface area contributed by atoms with Crippen molar-refractivity contribution in [3.8, 4) is 0 Å². The summed E-state index contributed by atoms with van der Waals surface area (Å²) in [6.45, 7) is 2.72. The number of aromatic nitrogens is 3. The third-order valence-electron chi connectivity index (χ3n) is 3.53. The minimum atomic E-state index is -4.66. The average molecular weight is 423 g/mol. The molecule has 0 radical (unpaired) electrons. The van der Waals surface area contributed by atoms with Gasteiger partial charge >= 0.3 is 6.18 Å². The van der Waals surface area contributed by atoms with E-state index in [9.17, 15) is 26.4 Å². The van der Waals surface area contributed by atoms with Crippen molar-refractivity contribution in [2.45, 2.75) is 24.9 Å². The van der Waals surface area contributed by atoms with E-state index in [2.05, 4.69) is 10.1 Å². The molecule has 1 amide bonds. The van der Waals surface area contributed by atoms with Crippen LogP contribution in [0.1, 0.15) is 27.5 Å². The zero-order chi connectivity index (χ0) is 20.1. The first-order valence-electron chi connectivity index (χ1n) is 7.15. The first-order valence-corrected chi connectivity index (χ1v) is 9.01. The zero-order valence-corrected chi connectivity index (χ0v) is 15.2.